The Morgan fingerprint density at radius 3 is 2.62 bits per heavy atom. The maximum atomic E-state index is 5.57. The zero-order valence-corrected chi connectivity index (χ0v) is 19.0. The van der Waals surface area contributed by atoms with Gasteiger partial charge in [-0.05, 0) is 58.2 Å². The van der Waals surface area contributed by atoms with Crippen molar-refractivity contribution in [2.75, 3.05) is 26.2 Å². The zero-order chi connectivity index (χ0) is 18.1. The Kier molecular flexibility index (Phi) is 11.0. The Bertz CT molecular complexity index is 542. The van der Waals surface area contributed by atoms with E-state index < -0.39 is 0 Å². The number of guanidine groups is 1. The van der Waals surface area contributed by atoms with E-state index in [2.05, 4.69) is 48.4 Å². The van der Waals surface area contributed by atoms with Crippen molar-refractivity contribution >= 4 is 29.9 Å². The molecule has 26 heavy (non-hydrogen) atoms. The number of halogens is 1. The van der Waals surface area contributed by atoms with Gasteiger partial charge in [0.1, 0.15) is 5.75 Å². The van der Waals surface area contributed by atoms with Gasteiger partial charge in [0.15, 0.2) is 5.96 Å². The summed E-state index contributed by atoms with van der Waals surface area (Å²) in [5, 5.41) is 6.98. The molecule has 0 amide bonds. The lowest BCUT2D eigenvalue weighted by Gasteiger charge is -2.35. The molecule has 6 heteroatoms. The molecule has 2 rings (SSSR count). The summed E-state index contributed by atoms with van der Waals surface area (Å²) >= 11 is 0. The summed E-state index contributed by atoms with van der Waals surface area (Å²) in [5.41, 5.74) is 1.16. The van der Waals surface area contributed by atoms with E-state index in [1.807, 2.05) is 19.1 Å². The zero-order valence-electron chi connectivity index (χ0n) is 16.6. The highest BCUT2D eigenvalue weighted by Gasteiger charge is 2.21. The third kappa shape index (κ3) is 7.70. The molecule has 0 saturated carbocycles. The highest BCUT2D eigenvalue weighted by atomic mass is 127. The molecular weight excluding hydrogens is 439 g/mol. The number of hydrogen-bond donors (Lipinski definition) is 2. The molecule has 2 N–H and O–H groups in total. The van der Waals surface area contributed by atoms with Crippen LogP contribution in [0.2, 0.25) is 0 Å². The quantitative estimate of drug-likeness (QED) is 0.360. The second kappa shape index (κ2) is 12.4. The SMILES string of the molecule is CCNC(=NCc1cccc(OCC)c1)NC1CCN(C(C)C)CC1.I. The molecule has 5 nitrogen and oxygen atoms in total. The van der Waals surface area contributed by atoms with Gasteiger partial charge in [0, 0.05) is 31.7 Å². The summed E-state index contributed by atoms with van der Waals surface area (Å²) in [6.45, 7) is 13.2. The Balaban J connectivity index is 0.00000338. The third-order valence-corrected chi connectivity index (χ3v) is 4.57. The van der Waals surface area contributed by atoms with E-state index in [4.69, 9.17) is 9.73 Å². The molecular formula is C20H35IN4O. The molecule has 1 aromatic carbocycles. The van der Waals surface area contributed by atoms with Crippen LogP contribution in [0, 0.1) is 0 Å². The van der Waals surface area contributed by atoms with Gasteiger partial charge in [0.05, 0.1) is 13.2 Å². The van der Waals surface area contributed by atoms with Crippen molar-refractivity contribution in [1.29, 1.82) is 0 Å². The minimum absolute atomic E-state index is 0. The van der Waals surface area contributed by atoms with Gasteiger partial charge in [0.2, 0.25) is 0 Å². The average Bonchev–Trinajstić information content (AvgIpc) is 2.61. The fourth-order valence-corrected chi connectivity index (χ4v) is 3.14. The van der Waals surface area contributed by atoms with Crippen molar-refractivity contribution < 1.29 is 4.74 Å². The monoisotopic (exact) mass is 474 g/mol. The van der Waals surface area contributed by atoms with Crippen LogP contribution in [0.15, 0.2) is 29.3 Å². The summed E-state index contributed by atoms with van der Waals surface area (Å²) in [5.74, 6) is 1.82. The van der Waals surface area contributed by atoms with Crippen LogP contribution in [0.4, 0.5) is 0 Å². The second-order valence-electron chi connectivity index (χ2n) is 6.82. The van der Waals surface area contributed by atoms with Gasteiger partial charge in [0.25, 0.3) is 0 Å². The van der Waals surface area contributed by atoms with Gasteiger partial charge in [-0.25, -0.2) is 4.99 Å². The van der Waals surface area contributed by atoms with E-state index in [-0.39, 0.29) is 24.0 Å². The molecule has 0 radical (unpaired) electrons. The first kappa shape index (κ1) is 23.0. The fraction of sp³-hybridized carbons (Fsp3) is 0.650. The highest BCUT2D eigenvalue weighted by molar-refractivity contribution is 14.0. The molecule has 148 valence electrons. The maximum absolute atomic E-state index is 5.57. The highest BCUT2D eigenvalue weighted by Crippen LogP contribution is 2.15. The summed E-state index contributed by atoms with van der Waals surface area (Å²) < 4.78 is 5.57. The van der Waals surface area contributed by atoms with E-state index in [9.17, 15) is 0 Å². The maximum Gasteiger partial charge on any atom is 0.191 e. The van der Waals surface area contributed by atoms with Gasteiger partial charge in [-0.1, -0.05) is 12.1 Å². The van der Waals surface area contributed by atoms with Gasteiger partial charge in [-0.15, -0.1) is 24.0 Å². The summed E-state index contributed by atoms with van der Waals surface area (Å²) in [4.78, 5) is 7.30. The van der Waals surface area contributed by atoms with Crippen LogP contribution >= 0.6 is 24.0 Å². The Morgan fingerprint density at radius 1 is 1.27 bits per heavy atom. The van der Waals surface area contributed by atoms with E-state index in [1.54, 1.807) is 0 Å². The van der Waals surface area contributed by atoms with E-state index in [1.165, 1.54) is 12.8 Å². The van der Waals surface area contributed by atoms with Gasteiger partial charge in [-0.3, -0.25) is 0 Å². The van der Waals surface area contributed by atoms with Crippen molar-refractivity contribution in [3.8, 4) is 5.75 Å². The summed E-state index contributed by atoms with van der Waals surface area (Å²) in [6, 6.07) is 9.32. The van der Waals surface area contributed by atoms with Crippen LogP contribution in [0.3, 0.4) is 0 Å². The summed E-state index contributed by atoms with van der Waals surface area (Å²) in [7, 11) is 0. The molecule has 1 aliphatic rings. The smallest absolute Gasteiger partial charge is 0.191 e. The van der Waals surface area contributed by atoms with Crippen molar-refractivity contribution in [2.24, 2.45) is 4.99 Å². The first-order chi connectivity index (χ1) is 12.1. The lowest BCUT2D eigenvalue weighted by atomic mass is 10.0. The van der Waals surface area contributed by atoms with Crippen LogP contribution in [-0.4, -0.2) is 49.2 Å². The minimum atomic E-state index is 0. The largest absolute Gasteiger partial charge is 0.494 e. The number of hydrogen-bond acceptors (Lipinski definition) is 3. The standard InChI is InChI=1S/C20H34N4O.HI/c1-5-21-20(23-18-10-12-24(13-11-18)16(3)4)22-15-17-8-7-9-19(14-17)25-6-2;/h7-9,14,16,18H,5-6,10-13,15H2,1-4H3,(H2,21,22,23);1H. The number of piperidine rings is 1. The number of ether oxygens (including phenoxy) is 1. The number of nitrogens with one attached hydrogen (secondary N) is 2. The van der Waals surface area contributed by atoms with E-state index in [0.717, 1.165) is 36.9 Å². The molecule has 0 spiro atoms. The molecule has 0 bridgehead atoms. The molecule has 1 heterocycles. The normalized spacial score (nSPS) is 16.3. The lowest BCUT2D eigenvalue weighted by molar-refractivity contribution is 0.167. The average molecular weight is 474 g/mol. The van der Waals surface area contributed by atoms with Gasteiger partial charge < -0.3 is 20.3 Å². The van der Waals surface area contributed by atoms with E-state index >= 15 is 0 Å². The molecule has 0 atom stereocenters. The lowest BCUT2D eigenvalue weighted by Crippen LogP contribution is -2.49. The van der Waals surface area contributed by atoms with Crippen LogP contribution in [0.5, 0.6) is 5.75 Å². The first-order valence-electron chi connectivity index (χ1n) is 9.63. The van der Waals surface area contributed by atoms with E-state index in [0.29, 0.717) is 25.2 Å². The molecule has 1 aromatic rings. The number of nitrogens with zero attached hydrogens (tertiary/aromatic N) is 2. The molecule has 1 saturated heterocycles. The van der Waals surface area contributed by atoms with Crippen molar-refractivity contribution in [2.45, 2.75) is 59.2 Å². The van der Waals surface area contributed by atoms with Crippen molar-refractivity contribution in [3.63, 3.8) is 0 Å². The second-order valence-corrected chi connectivity index (χ2v) is 6.82. The topological polar surface area (TPSA) is 48.9 Å². The van der Waals surface area contributed by atoms with Crippen molar-refractivity contribution in [3.05, 3.63) is 29.8 Å². The number of likely N-dealkylation sites (tertiary alicyclic amines) is 1. The number of benzene rings is 1. The van der Waals surface area contributed by atoms with Crippen LogP contribution in [0.1, 0.15) is 46.1 Å². The Labute approximate surface area is 176 Å². The van der Waals surface area contributed by atoms with Crippen LogP contribution in [0.25, 0.3) is 0 Å². The summed E-state index contributed by atoms with van der Waals surface area (Å²) in [6.07, 6.45) is 2.34. The predicted molar refractivity (Wildman–Crippen MR) is 121 cm³/mol. The predicted octanol–water partition coefficient (Wildman–Crippen LogP) is 3.63. The van der Waals surface area contributed by atoms with Crippen LogP contribution < -0.4 is 15.4 Å². The molecule has 1 aliphatic heterocycles. The molecule has 0 aromatic heterocycles. The Hall–Kier alpha value is -1.02. The van der Waals surface area contributed by atoms with Crippen molar-refractivity contribution in [1.82, 2.24) is 15.5 Å². The Morgan fingerprint density at radius 2 is 2.00 bits per heavy atom. The van der Waals surface area contributed by atoms with Gasteiger partial charge in [-0.2, -0.15) is 0 Å². The van der Waals surface area contributed by atoms with Crippen LogP contribution in [-0.2, 0) is 6.54 Å². The molecule has 0 unspecified atom stereocenters. The van der Waals surface area contributed by atoms with Gasteiger partial charge >= 0.3 is 0 Å². The molecule has 0 aliphatic carbocycles. The third-order valence-electron chi connectivity index (χ3n) is 4.57. The fourth-order valence-electron chi connectivity index (χ4n) is 3.14. The minimum Gasteiger partial charge on any atom is -0.494 e. The number of aliphatic imine (C=N–C) groups is 1. The number of rotatable bonds is 7. The first-order valence-corrected chi connectivity index (χ1v) is 9.63. The molecule has 1 fully saturated rings.